The van der Waals surface area contributed by atoms with Crippen molar-refractivity contribution in [3.63, 3.8) is 0 Å². The van der Waals surface area contributed by atoms with E-state index in [4.69, 9.17) is 9.47 Å². The van der Waals surface area contributed by atoms with Crippen LogP contribution >= 0.6 is 0 Å². The zero-order chi connectivity index (χ0) is 39.0. The van der Waals surface area contributed by atoms with Crippen molar-refractivity contribution in [2.75, 3.05) is 19.8 Å². The number of alkyl carbamates (subject to hydrolysis) is 1. The fraction of sp³-hybridized carbons (Fsp3) is 0.289. The van der Waals surface area contributed by atoms with Crippen LogP contribution in [0.3, 0.4) is 0 Å². The molecule has 4 aromatic rings. The Morgan fingerprint density at radius 1 is 0.782 bits per heavy atom. The molecular formula is C45H49N3O7. The Morgan fingerprint density at radius 3 is 2.02 bits per heavy atom. The molecule has 0 fully saturated rings. The van der Waals surface area contributed by atoms with Crippen LogP contribution in [0.5, 0.6) is 0 Å². The molecule has 3 amide bonds. The molecule has 4 aromatic carbocycles. The Bertz CT molecular complexity index is 1870. The van der Waals surface area contributed by atoms with Crippen LogP contribution in [-0.2, 0) is 30.3 Å². The molecular weight excluding hydrogens is 695 g/mol. The van der Waals surface area contributed by atoms with Crippen LogP contribution in [0, 0.1) is 5.92 Å². The van der Waals surface area contributed by atoms with Gasteiger partial charge < -0.3 is 30.5 Å². The van der Waals surface area contributed by atoms with E-state index in [0.717, 1.165) is 27.8 Å². The minimum absolute atomic E-state index is 0.0827. The molecule has 0 heterocycles. The molecule has 4 atom stereocenters. The van der Waals surface area contributed by atoms with Crippen molar-refractivity contribution < 1.29 is 33.8 Å². The lowest BCUT2D eigenvalue weighted by atomic mass is 9.98. The average molecular weight is 744 g/mol. The van der Waals surface area contributed by atoms with E-state index in [-0.39, 0.29) is 50.8 Å². The summed E-state index contributed by atoms with van der Waals surface area (Å²) in [5, 5.41) is 18.3. The Hall–Kier alpha value is -6.00. The van der Waals surface area contributed by atoms with Crippen molar-refractivity contribution in [1.29, 1.82) is 0 Å². The van der Waals surface area contributed by atoms with Gasteiger partial charge in [-0.05, 0) is 59.1 Å². The van der Waals surface area contributed by atoms with Gasteiger partial charge in [-0.15, -0.1) is 13.2 Å². The van der Waals surface area contributed by atoms with Gasteiger partial charge in [-0.1, -0.05) is 121 Å². The molecule has 10 nitrogen and oxygen atoms in total. The summed E-state index contributed by atoms with van der Waals surface area (Å²) >= 11 is 0. The van der Waals surface area contributed by atoms with Crippen LogP contribution in [0.1, 0.15) is 60.0 Å². The number of ether oxygens (including phenoxy) is 2. The largest absolute Gasteiger partial charge is 0.454 e. The fourth-order valence-electron chi connectivity index (χ4n) is 6.83. The lowest BCUT2D eigenvalue weighted by Gasteiger charge is -2.24. The van der Waals surface area contributed by atoms with Gasteiger partial charge in [-0.3, -0.25) is 9.59 Å². The number of benzene rings is 4. The maximum atomic E-state index is 13.7. The lowest BCUT2D eigenvalue weighted by molar-refractivity contribution is -0.152. The normalized spacial score (nSPS) is 13.8. The van der Waals surface area contributed by atoms with Crippen LogP contribution in [-0.4, -0.2) is 60.8 Å². The molecule has 0 aromatic heterocycles. The first-order chi connectivity index (χ1) is 26.8. The number of fused-ring (bicyclic) bond motifs is 3. The summed E-state index contributed by atoms with van der Waals surface area (Å²) in [6.07, 6.45) is 2.73. The zero-order valence-electron chi connectivity index (χ0n) is 30.9. The highest BCUT2D eigenvalue weighted by Gasteiger charge is 2.31. The number of amides is 3. The molecule has 0 saturated carbocycles. The second-order valence-corrected chi connectivity index (χ2v) is 13.5. The van der Waals surface area contributed by atoms with Gasteiger partial charge in [0.15, 0.2) is 0 Å². The van der Waals surface area contributed by atoms with E-state index < -0.39 is 42.1 Å². The summed E-state index contributed by atoms with van der Waals surface area (Å²) in [6, 6.07) is 32.9. The molecule has 0 radical (unpaired) electrons. The highest BCUT2D eigenvalue weighted by molar-refractivity contribution is 5.86. The smallest absolute Gasteiger partial charge is 0.407 e. The van der Waals surface area contributed by atoms with E-state index in [1.807, 2.05) is 72.8 Å². The number of carbonyl (C=O) groups excluding carboxylic acids is 4. The third kappa shape index (κ3) is 11.3. The molecule has 0 saturated heterocycles. The average Bonchev–Trinajstić information content (AvgIpc) is 3.53. The predicted molar refractivity (Wildman–Crippen MR) is 212 cm³/mol. The van der Waals surface area contributed by atoms with Crippen LogP contribution in [0.15, 0.2) is 135 Å². The molecule has 0 spiro atoms. The number of rotatable bonds is 20. The molecule has 286 valence electrons. The maximum Gasteiger partial charge on any atom is 0.407 e. The van der Waals surface area contributed by atoms with Gasteiger partial charge >= 0.3 is 12.1 Å². The highest BCUT2D eigenvalue weighted by atomic mass is 16.6. The SMILES string of the molecule is C=CCC[C@H](NC(=O)OCC1c2ccccc2-c2ccccc21)C(=O)O[C@@H](CNC(=O)[C@@H](CC=C)CC(=O)N[C@@H](CO)Cc1ccccc1)c1ccccc1. The standard InChI is InChI=1S/C45H49N3O7/c1-3-5-25-40(48-45(53)54-30-39-37-23-14-12-21-35(37)36-22-13-15-24-38(36)39)44(52)55-41(32-19-10-7-11-20-32)28-46-43(51)33(16-4-2)27-42(50)47-34(29-49)26-31-17-8-6-9-18-31/h3-4,6-15,17-24,33-34,39-41,49H,1-2,5,16,25-30H2,(H,46,51)(H,47,50)(H,48,53)/t33-,34+,40-,41-/m0/s1. The summed E-state index contributed by atoms with van der Waals surface area (Å²) in [5.74, 6) is -2.41. The number of nitrogens with one attached hydrogen (secondary N) is 3. The van der Waals surface area contributed by atoms with E-state index in [1.54, 1.807) is 36.4 Å². The minimum Gasteiger partial charge on any atom is -0.454 e. The number of hydrogen-bond acceptors (Lipinski definition) is 7. The number of hydrogen-bond donors (Lipinski definition) is 4. The van der Waals surface area contributed by atoms with Crippen molar-refractivity contribution in [2.24, 2.45) is 5.92 Å². The topological polar surface area (TPSA) is 143 Å². The van der Waals surface area contributed by atoms with Crippen LogP contribution in [0.25, 0.3) is 11.1 Å². The van der Waals surface area contributed by atoms with E-state index in [9.17, 15) is 24.3 Å². The monoisotopic (exact) mass is 743 g/mol. The number of esters is 1. The number of allylic oxidation sites excluding steroid dienone is 2. The summed E-state index contributed by atoms with van der Waals surface area (Å²) in [5.41, 5.74) is 5.94. The Labute approximate surface area is 322 Å². The summed E-state index contributed by atoms with van der Waals surface area (Å²) in [6.45, 7) is 7.25. The first-order valence-electron chi connectivity index (χ1n) is 18.6. The molecule has 10 heteroatoms. The van der Waals surface area contributed by atoms with E-state index in [2.05, 4.69) is 41.2 Å². The Morgan fingerprint density at radius 2 is 1.40 bits per heavy atom. The molecule has 0 aliphatic heterocycles. The maximum absolute atomic E-state index is 13.7. The minimum atomic E-state index is -1.05. The number of aliphatic hydroxyl groups excluding tert-OH is 1. The molecule has 0 unspecified atom stereocenters. The van der Waals surface area contributed by atoms with Gasteiger partial charge in [0, 0.05) is 12.3 Å². The van der Waals surface area contributed by atoms with E-state index in [0.29, 0.717) is 18.4 Å². The highest BCUT2D eigenvalue weighted by Crippen LogP contribution is 2.44. The lowest BCUT2D eigenvalue weighted by Crippen LogP contribution is -2.44. The second kappa shape index (κ2) is 20.5. The molecule has 55 heavy (non-hydrogen) atoms. The van der Waals surface area contributed by atoms with Crippen LogP contribution in [0.4, 0.5) is 4.79 Å². The van der Waals surface area contributed by atoms with E-state index in [1.165, 1.54) is 0 Å². The zero-order valence-corrected chi connectivity index (χ0v) is 30.9. The molecule has 1 aliphatic carbocycles. The third-order valence-electron chi connectivity index (χ3n) is 9.64. The fourth-order valence-corrected chi connectivity index (χ4v) is 6.83. The molecule has 5 rings (SSSR count). The van der Waals surface area contributed by atoms with Crippen LogP contribution in [0.2, 0.25) is 0 Å². The van der Waals surface area contributed by atoms with Crippen molar-refractivity contribution >= 4 is 23.9 Å². The molecule has 1 aliphatic rings. The first kappa shape index (κ1) is 40.2. The van der Waals surface area contributed by atoms with Gasteiger partial charge in [-0.25, -0.2) is 9.59 Å². The molecule has 4 N–H and O–H groups in total. The van der Waals surface area contributed by atoms with Gasteiger partial charge in [0.25, 0.3) is 0 Å². The number of carbonyl (C=O) groups is 4. The predicted octanol–water partition coefficient (Wildman–Crippen LogP) is 6.56. The quantitative estimate of drug-likeness (QED) is 0.0593. The van der Waals surface area contributed by atoms with Gasteiger partial charge in [-0.2, -0.15) is 0 Å². The van der Waals surface area contributed by atoms with Gasteiger partial charge in [0.05, 0.1) is 25.1 Å². The Balaban J connectivity index is 1.20. The van der Waals surface area contributed by atoms with Crippen molar-refractivity contribution in [2.45, 2.75) is 56.2 Å². The van der Waals surface area contributed by atoms with Crippen molar-refractivity contribution in [3.8, 4) is 11.1 Å². The summed E-state index contributed by atoms with van der Waals surface area (Å²) in [7, 11) is 0. The van der Waals surface area contributed by atoms with Crippen LogP contribution < -0.4 is 16.0 Å². The van der Waals surface area contributed by atoms with Gasteiger partial charge in [0.1, 0.15) is 18.8 Å². The van der Waals surface area contributed by atoms with Crippen molar-refractivity contribution in [3.05, 3.63) is 157 Å². The van der Waals surface area contributed by atoms with Gasteiger partial charge in [0.2, 0.25) is 11.8 Å². The van der Waals surface area contributed by atoms with E-state index >= 15 is 0 Å². The van der Waals surface area contributed by atoms with Crippen molar-refractivity contribution in [1.82, 2.24) is 16.0 Å². The summed E-state index contributed by atoms with van der Waals surface area (Å²) in [4.78, 5) is 53.4. The molecule has 0 bridgehead atoms. The summed E-state index contributed by atoms with van der Waals surface area (Å²) < 4.78 is 11.7. The Kier molecular flexibility index (Phi) is 14.9. The third-order valence-corrected chi connectivity index (χ3v) is 9.64. The second-order valence-electron chi connectivity index (χ2n) is 13.5. The number of aliphatic hydroxyl groups is 1. The first-order valence-corrected chi connectivity index (χ1v) is 18.6.